The third-order valence-corrected chi connectivity index (χ3v) is 8.21. The van der Waals surface area contributed by atoms with Crippen LogP contribution in [0.1, 0.15) is 42.7 Å². The third-order valence-electron chi connectivity index (χ3n) is 6.51. The van der Waals surface area contributed by atoms with Crippen LogP contribution in [0.3, 0.4) is 0 Å². The fourth-order valence-corrected chi connectivity index (χ4v) is 5.05. The van der Waals surface area contributed by atoms with Crippen molar-refractivity contribution in [3.8, 4) is 16.8 Å². The lowest BCUT2D eigenvalue weighted by Gasteiger charge is -2.15. The summed E-state index contributed by atoms with van der Waals surface area (Å²) in [5.74, 6) is -0.0746. The Hall–Kier alpha value is -4.02. The van der Waals surface area contributed by atoms with E-state index in [1.54, 1.807) is 16.9 Å². The fraction of sp³-hybridized carbons (Fsp3) is 0.375. The Balaban J connectivity index is 1.44. The van der Waals surface area contributed by atoms with Gasteiger partial charge in [-0.3, -0.25) is 19.5 Å². The normalized spacial score (nSPS) is 11.6. The van der Waals surface area contributed by atoms with Crippen LogP contribution in [0.25, 0.3) is 16.8 Å². The van der Waals surface area contributed by atoms with Crippen molar-refractivity contribution in [2.24, 2.45) is 0 Å². The maximum absolute atomic E-state index is 13.4. The number of rotatable bonds is 14. The number of esters is 1. The second-order valence-electron chi connectivity index (χ2n) is 11.8. The summed E-state index contributed by atoms with van der Waals surface area (Å²) >= 11 is 0. The highest BCUT2D eigenvalue weighted by Gasteiger charge is 2.16. The number of aromatic nitrogens is 4. The molecule has 2 aromatic carbocycles. The molecule has 0 unspecified atom stereocenters. The second-order valence-corrected chi connectivity index (χ2v) is 17.4. The maximum Gasteiger partial charge on any atom is 0.306 e. The van der Waals surface area contributed by atoms with Gasteiger partial charge in [0.25, 0.3) is 5.91 Å². The summed E-state index contributed by atoms with van der Waals surface area (Å²) in [4.78, 5) is 30.0. The van der Waals surface area contributed by atoms with Crippen LogP contribution >= 0.6 is 0 Å². The molecule has 4 aromatic rings. The van der Waals surface area contributed by atoms with E-state index < -0.39 is 8.07 Å². The molecule has 0 aliphatic carbocycles. The Morgan fingerprint density at radius 1 is 1.00 bits per heavy atom. The molecule has 0 saturated heterocycles. The van der Waals surface area contributed by atoms with Crippen molar-refractivity contribution >= 4 is 25.9 Å². The van der Waals surface area contributed by atoms with Gasteiger partial charge in [0, 0.05) is 50.3 Å². The zero-order valence-corrected chi connectivity index (χ0v) is 26.2. The van der Waals surface area contributed by atoms with Gasteiger partial charge < -0.3 is 9.47 Å². The molecule has 0 fully saturated rings. The average molecular weight is 588 g/mol. The number of carbonyl (C=O) groups is 2. The molecular weight excluding hydrogens is 546 g/mol. The fourth-order valence-electron chi connectivity index (χ4n) is 4.29. The Morgan fingerprint density at radius 3 is 2.52 bits per heavy atom. The first-order valence-electron chi connectivity index (χ1n) is 14.4. The van der Waals surface area contributed by atoms with E-state index >= 15 is 0 Å². The van der Waals surface area contributed by atoms with E-state index in [4.69, 9.17) is 14.5 Å². The molecule has 9 nitrogen and oxygen atoms in total. The van der Waals surface area contributed by atoms with Gasteiger partial charge in [-0.1, -0.05) is 50.0 Å². The summed E-state index contributed by atoms with van der Waals surface area (Å²) in [6.07, 6.45) is 6.97. The average Bonchev–Trinajstić information content (AvgIpc) is 3.58. The van der Waals surface area contributed by atoms with Gasteiger partial charge in [0.05, 0.1) is 18.0 Å². The van der Waals surface area contributed by atoms with E-state index in [2.05, 4.69) is 30.1 Å². The van der Waals surface area contributed by atoms with Crippen molar-refractivity contribution in [3.05, 3.63) is 84.4 Å². The van der Waals surface area contributed by atoms with Gasteiger partial charge in [0.2, 0.25) is 5.95 Å². The van der Waals surface area contributed by atoms with Gasteiger partial charge in [-0.2, -0.15) is 5.10 Å². The van der Waals surface area contributed by atoms with E-state index in [9.17, 15) is 9.59 Å². The van der Waals surface area contributed by atoms with Crippen LogP contribution in [0.5, 0.6) is 0 Å². The summed E-state index contributed by atoms with van der Waals surface area (Å²) in [5.41, 5.74) is 3.95. The maximum atomic E-state index is 13.4. The van der Waals surface area contributed by atoms with Crippen LogP contribution in [0, 0.1) is 0 Å². The summed E-state index contributed by atoms with van der Waals surface area (Å²) in [5, 5.41) is 7.41. The van der Waals surface area contributed by atoms with Crippen LogP contribution < -0.4 is 5.32 Å². The van der Waals surface area contributed by atoms with Gasteiger partial charge in [-0.25, -0.2) is 9.67 Å². The molecule has 2 heterocycles. The first-order chi connectivity index (χ1) is 20.1. The molecule has 42 heavy (non-hydrogen) atoms. The molecule has 1 N–H and O–H groups in total. The number of benzene rings is 2. The largest absolute Gasteiger partial charge is 0.463 e. The van der Waals surface area contributed by atoms with E-state index in [0.717, 1.165) is 35.2 Å². The Morgan fingerprint density at radius 2 is 1.79 bits per heavy atom. The smallest absolute Gasteiger partial charge is 0.306 e. The lowest BCUT2D eigenvalue weighted by Crippen LogP contribution is -2.22. The van der Waals surface area contributed by atoms with Crippen LogP contribution in [0.2, 0.25) is 25.7 Å². The number of hydrogen-bond acceptors (Lipinski definition) is 6. The van der Waals surface area contributed by atoms with E-state index in [1.165, 1.54) is 0 Å². The van der Waals surface area contributed by atoms with Crippen LogP contribution in [0.15, 0.2) is 73.2 Å². The van der Waals surface area contributed by atoms with Crippen molar-refractivity contribution in [3.63, 3.8) is 0 Å². The lowest BCUT2D eigenvalue weighted by atomic mass is 10.1. The number of aryl methyl sites for hydroxylation is 1. The molecule has 2 aromatic heterocycles. The zero-order valence-electron chi connectivity index (χ0n) is 25.2. The molecule has 0 aliphatic heterocycles. The van der Waals surface area contributed by atoms with E-state index in [0.29, 0.717) is 37.5 Å². The van der Waals surface area contributed by atoms with E-state index in [1.807, 2.05) is 79.3 Å². The number of anilines is 1. The number of ether oxygens (including phenoxy) is 2. The van der Waals surface area contributed by atoms with Gasteiger partial charge in [0.1, 0.15) is 6.73 Å². The van der Waals surface area contributed by atoms with Gasteiger partial charge in [0.15, 0.2) is 0 Å². The SMILES string of the molecule is CC(C)OC(=O)CCCc1cn(-c2ccccc2)c(NC(=O)c2cccc(-c3cnn(COCC[Si](C)(C)C)c3)c2)n1. The monoisotopic (exact) mass is 587 g/mol. The summed E-state index contributed by atoms with van der Waals surface area (Å²) < 4.78 is 14.7. The first kappa shape index (κ1) is 30.9. The molecule has 10 heteroatoms. The molecular formula is C32H41N5O4Si. The summed E-state index contributed by atoms with van der Waals surface area (Å²) in [7, 11) is -1.14. The molecule has 4 rings (SSSR count). The highest BCUT2D eigenvalue weighted by molar-refractivity contribution is 6.76. The molecule has 222 valence electrons. The van der Waals surface area contributed by atoms with Crippen LogP contribution in [-0.2, 0) is 27.4 Å². The van der Waals surface area contributed by atoms with Crippen molar-refractivity contribution in [2.75, 3.05) is 11.9 Å². The van der Waals surface area contributed by atoms with Crippen LogP contribution in [0.4, 0.5) is 5.95 Å². The minimum Gasteiger partial charge on any atom is -0.463 e. The number of hydrogen-bond donors (Lipinski definition) is 1. The Labute approximate surface area is 248 Å². The minimum absolute atomic E-state index is 0.134. The van der Waals surface area contributed by atoms with E-state index in [-0.39, 0.29) is 18.0 Å². The number of nitrogens with zero attached hydrogens (tertiary/aromatic N) is 4. The molecule has 0 spiro atoms. The number of carbonyl (C=O) groups excluding carboxylic acids is 2. The predicted octanol–water partition coefficient (Wildman–Crippen LogP) is 6.57. The van der Waals surface area contributed by atoms with Gasteiger partial charge >= 0.3 is 5.97 Å². The Bertz CT molecular complexity index is 1470. The van der Waals surface area contributed by atoms with Crippen molar-refractivity contribution in [1.82, 2.24) is 19.3 Å². The first-order valence-corrected chi connectivity index (χ1v) is 18.1. The summed E-state index contributed by atoms with van der Waals surface area (Å²) in [6, 6.07) is 18.3. The minimum atomic E-state index is -1.14. The number of nitrogens with one attached hydrogen (secondary N) is 1. The number of imidazole rings is 1. The summed E-state index contributed by atoms with van der Waals surface area (Å²) in [6.45, 7) is 11.8. The molecule has 1 amide bonds. The Kier molecular flexibility index (Phi) is 10.5. The van der Waals surface area contributed by atoms with Gasteiger partial charge in [-0.05, 0) is 62.6 Å². The zero-order chi connectivity index (χ0) is 30.1. The van der Waals surface area contributed by atoms with Crippen molar-refractivity contribution < 1.29 is 19.1 Å². The standard InChI is InChI=1S/C32H41N5O4Si/c1-24(2)41-30(38)16-10-13-28-22-37(29-14-7-6-8-15-29)32(34-28)35-31(39)26-12-9-11-25(19-26)27-20-33-36(21-27)23-40-17-18-42(3,4)5/h6-9,11-12,14-15,19-22,24H,10,13,16-18,23H2,1-5H3,(H,34,35,39). The molecule has 0 radical (unpaired) electrons. The predicted molar refractivity (Wildman–Crippen MR) is 167 cm³/mol. The third kappa shape index (κ3) is 9.25. The molecule has 0 atom stereocenters. The molecule has 0 bridgehead atoms. The lowest BCUT2D eigenvalue weighted by molar-refractivity contribution is -0.147. The number of para-hydroxylation sites is 1. The van der Waals surface area contributed by atoms with Crippen molar-refractivity contribution in [2.45, 2.75) is 71.6 Å². The molecule has 0 saturated carbocycles. The highest BCUT2D eigenvalue weighted by atomic mass is 28.3. The molecule has 0 aliphatic rings. The van der Waals surface area contributed by atoms with Crippen LogP contribution in [-0.4, -0.2) is 52.0 Å². The van der Waals surface area contributed by atoms with Gasteiger partial charge in [-0.15, -0.1) is 0 Å². The highest BCUT2D eigenvalue weighted by Crippen LogP contribution is 2.22. The van der Waals surface area contributed by atoms with Crippen molar-refractivity contribution in [1.29, 1.82) is 0 Å². The number of amides is 1. The topological polar surface area (TPSA) is 100 Å². The second kappa shape index (κ2) is 14.2. The quantitative estimate of drug-likeness (QED) is 0.102.